The Morgan fingerprint density at radius 2 is 1.77 bits per heavy atom. The summed E-state index contributed by atoms with van der Waals surface area (Å²) in [6.07, 6.45) is 0.519. The predicted molar refractivity (Wildman–Crippen MR) is 84.3 cm³/mol. The number of amides is 1. The van der Waals surface area contributed by atoms with Gasteiger partial charge in [-0.3, -0.25) is 4.79 Å². The molecule has 0 aliphatic carbocycles. The lowest BCUT2D eigenvalue weighted by atomic mass is 10.2. The second kappa shape index (κ2) is 9.81. The minimum Gasteiger partial charge on any atom is -0.340 e. The standard InChI is InChI=1S/C16H18FN3OS/c1-13(14-4-6-15(17)7-5-14)22-12-16(21)20(10-2-8-18)11-3-9-19/h4-7,13H,2-3,10-12H2,1H3/t13-/m0/s1. The van der Waals surface area contributed by atoms with Crippen LogP contribution in [-0.4, -0.2) is 29.6 Å². The highest BCUT2D eigenvalue weighted by molar-refractivity contribution is 8.00. The van der Waals surface area contributed by atoms with Crippen molar-refractivity contribution in [1.29, 1.82) is 10.5 Å². The summed E-state index contributed by atoms with van der Waals surface area (Å²) >= 11 is 1.46. The first kappa shape index (κ1) is 18.0. The second-order valence-electron chi connectivity index (χ2n) is 4.70. The lowest BCUT2D eigenvalue weighted by Gasteiger charge is -2.21. The number of rotatable bonds is 8. The van der Waals surface area contributed by atoms with Crippen LogP contribution in [0, 0.1) is 28.5 Å². The molecule has 22 heavy (non-hydrogen) atoms. The molecule has 1 amide bonds. The van der Waals surface area contributed by atoms with Crippen molar-refractivity contribution in [1.82, 2.24) is 4.90 Å². The Labute approximate surface area is 134 Å². The predicted octanol–water partition coefficient (Wildman–Crippen LogP) is 3.28. The van der Waals surface area contributed by atoms with Gasteiger partial charge in [-0.25, -0.2) is 4.39 Å². The van der Waals surface area contributed by atoms with Gasteiger partial charge in [0.2, 0.25) is 5.91 Å². The van der Waals surface area contributed by atoms with E-state index in [9.17, 15) is 9.18 Å². The molecule has 0 N–H and O–H groups in total. The van der Waals surface area contributed by atoms with Gasteiger partial charge >= 0.3 is 0 Å². The summed E-state index contributed by atoms with van der Waals surface area (Å²) in [6.45, 7) is 2.66. The first-order valence-electron chi connectivity index (χ1n) is 6.97. The third kappa shape index (κ3) is 6.15. The topological polar surface area (TPSA) is 67.9 Å². The third-order valence-electron chi connectivity index (χ3n) is 3.14. The number of carbonyl (C=O) groups is 1. The third-order valence-corrected chi connectivity index (χ3v) is 4.32. The fraction of sp³-hybridized carbons (Fsp3) is 0.438. The molecular formula is C16H18FN3OS. The van der Waals surface area contributed by atoms with Crippen molar-refractivity contribution in [3.05, 3.63) is 35.6 Å². The molecule has 1 aromatic rings. The molecule has 0 aliphatic heterocycles. The van der Waals surface area contributed by atoms with Crippen molar-refractivity contribution < 1.29 is 9.18 Å². The Morgan fingerprint density at radius 3 is 2.27 bits per heavy atom. The van der Waals surface area contributed by atoms with Gasteiger partial charge in [0.05, 0.1) is 30.7 Å². The van der Waals surface area contributed by atoms with E-state index in [1.165, 1.54) is 23.9 Å². The van der Waals surface area contributed by atoms with Crippen LogP contribution in [0.4, 0.5) is 4.39 Å². The zero-order valence-electron chi connectivity index (χ0n) is 12.5. The van der Waals surface area contributed by atoms with Crippen molar-refractivity contribution in [3.63, 3.8) is 0 Å². The van der Waals surface area contributed by atoms with Crippen LogP contribution in [0.15, 0.2) is 24.3 Å². The highest BCUT2D eigenvalue weighted by Crippen LogP contribution is 2.28. The number of halogens is 1. The van der Waals surface area contributed by atoms with Crippen molar-refractivity contribution in [2.75, 3.05) is 18.8 Å². The zero-order valence-corrected chi connectivity index (χ0v) is 13.3. The quantitative estimate of drug-likeness (QED) is 0.737. The van der Waals surface area contributed by atoms with Crippen LogP contribution in [0.3, 0.4) is 0 Å². The lowest BCUT2D eigenvalue weighted by Crippen LogP contribution is -2.34. The first-order chi connectivity index (χ1) is 10.6. The van der Waals surface area contributed by atoms with E-state index in [-0.39, 0.29) is 35.6 Å². The molecule has 4 nitrogen and oxygen atoms in total. The summed E-state index contributed by atoms with van der Waals surface area (Å²) in [5.74, 6) is -0.0873. The normalized spacial score (nSPS) is 11.3. The van der Waals surface area contributed by atoms with E-state index in [2.05, 4.69) is 0 Å². The van der Waals surface area contributed by atoms with Crippen molar-refractivity contribution in [2.24, 2.45) is 0 Å². The first-order valence-corrected chi connectivity index (χ1v) is 8.02. The van der Waals surface area contributed by atoms with Gasteiger partial charge in [0.1, 0.15) is 5.82 Å². The highest BCUT2D eigenvalue weighted by Gasteiger charge is 2.15. The number of nitriles is 2. The SMILES string of the molecule is C[C@H](SCC(=O)N(CCC#N)CCC#N)c1ccc(F)cc1. The maximum absolute atomic E-state index is 12.9. The number of hydrogen-bond donors (Lipinski definition) is 0. The summed E-state index contributed by atoms with van der Waals surface area (Å²) in [7, 11) is 0. The summed E-state index contributed by atoms with van der Waals surface area (Å²) < 4.78 is 12.9. The summed E-state index contributed by atoms with van der Waals surface area (Å²) in [4.78, 5) is 13.7. The number of benzene rings is 1. The van der Waals surface area contributed by atoms with Crippen LogP contribution in [-0.2, 0) is 4.79 Å². The van der Waals surface area contributed by atoms with E-state index in [1.54, 1.807) is 17.0 Å². The molecule has 0 heterocycles. The van der Waals surface area contributed by atoms with E-state index in [4.69, 9.17) is 10.5 Å². The minimum atomic E-state index is -0.281. The number of thioether (sulfide) groups is 1. The Balaban J connectivity index is 2.52. The minimum absolute atomic E-state index is 0.0679. The van der Waals surface area contributed by atoms with Crippen LogP contribution in [0.25, 0.3) is 0 Å². The van der Waals surface area contributed by atoms with E-state index < -0.39 is 0 Å². The molecule has 0 saturated carbocycles. The molecule has 0 radical (unpaired) electrons. The lowest BCUT2D eigenvalue weighted by molar-refractivity contribution is -0.128. The molecule has 0 bridgehead atoms. The largest absolute Gasteiger partial charge is 0.340 e. The molecule has 0 aromatic heterocycles. The number of nitrogens with zero attached hydrogens (tertiary/aromatic N) is 3. The van der Waals surface area contributed by atoms with Crippen molar-refractivity contribution in [3.8, 4) is 12.1 Å². The molecule has 6 heteroatoms. The number of carbonyl (C=O) groups excluding carboxylic acids is 1. The van der Waals surface area contributed by atoms with Crippen molar-refractivity contribution >= 4 is 17.7 Å². The summed E-state index contributed by atoms with van der Waals surface area (Å²) in [5, 5.41) is 17.3. The Bertz CT molecular complexity index is 544. The molecule has 0 aliphatic rings. The average Bonchev–Trinajstić information content (AvgIpc) is 2.53. The molecule has 0 spiro atoms. The van der Waals surface area contributed by atoms with Crippen LogP contribution in [0.1, 0.15) is 30.6 Å². The Hall–Kier alpha value is -2.05. The van der Waals surface area contributed by atoms with E-state index in [0.717, 1.165) is 5.56 Å². The van der Waals surface area contributed by atoms with E-state index in [0.29, 0.717) is 13.1 Å². The molecule has 1 rings (SSSR count). The van der Waals surface area contributed by atoms with E-state index in [1.807, 2.05) is 19.1 Å². The van der Waals surface area contributed by atoms with Gasteiger partial charge in [-0.1, -0.05) is 12.1 Å². The molecule has 116 valence electrons. The van der Waals surface area contributed by atoms with Crippen LogP contribution < -0.4 is 0 Å². The van der Waals surface area contributed by atoms with Crippen LogP contribution >= 0.6 is 11.8 Å². The van der Waals surface area contributed by atoms with Crippen LogP contribution in [0.5, 0.6) is 0 Å². The second-order valence-corrected chi connectivity index (χ2v) is 6.03. The summed E-state index contributed by atoms with van der Waals surface area (Å²) in [5.41, 5.74) is 0.958. The van der Waals surface area contributed by atoms with Gasteiger partial charge in [0.25, 0.3) is 0 Å². The van der Waals surface area contributed by atoms with Crippen LogP contribution in [0.2, 0.25) is 0 Å². The molecular weight excluding hydrogens is 301 g/mol. The smallest absolute Gasteiger partial charge is 0.232 e. The van der Waals surface area contributed by atoms with E-state index >= 15 is 0 Å². The fourth-order valence-electron chi connectivity index (χ4n) is 1.85. The Kier molecular flexibility index (Phi) is 8.03. The highest BCUT2D eigenvalue weighted by atomic mass is 32.2. The molecule has 1 atom stereocenters. The van der Waals surface area contributed by atoms with Gasteiger partial charge in [0.15, 0.2) is 0 Å². The van der Waals surface area contributed by atoms with Gasteiger partial charge in [0, 0.05) is 18.3 Å². The van der Waals surface area contributed by atoms with Gasteiger partial charge in [-0.2, -0.15) is 10.5 Å². The monoisotopic (exact) mass is 319 g/mol. The average molecular weight is 319 g/mol. The van der Waals surface area contributed by atoms with Gasteiger partial charge in [-0.15, -0.1) is 11.8 Å². The molecule has 0 unspecified atom stereocenters. The molecule has 1 aromatic carbocycles. The summed E-state index contributed by atoms with van der Waals surface area (Å²) in [6, 6.07) is 10.2. The van der Waals surface area contributed by atoms with Gasteiger partial charge in [-0.05, 0) is 24.6 Å². The fourth-order valence-corrected chi connectivity index (χ4v) is 2.77. The maximum Gasteiger partial charge on any atom is 0.232 e. The number of hydrogen-bond acceptors (Lipinski definition) is 4. The maximum atomic E-state index is 12.9. The van der Waals surface area contributed by atoms with Crippen molar-refractivity contribution in [2.45, 2.75) is 25.0 Å². The zero-order chi connectivity index (χ0) is 16.4. The van der Waals surface area contributed by atoms with Gasteiger partial charge < -0.3 is 4.90 Å². The Morgan fingerprint density at radius 1 is 1.23 bits per heavy atom. The molecule has 0 saturated heterocycles. The molecule has 0 fully saturated rings.